The van der Waals surface area contributed by atoms with Gasteiger partial charge in [0, 0.05) is 17.8 Å². The summed E-state index contributed by atoms with van der Waals surface area (Å²) in [5.74, 6) is 1.19. The van der Waals surface area contributed by atoms with E-state index in [1.165, 1.54) is 0 Å². The van der Waals surface area contributed by atoms with Gasteiger partial charge in [0.15, 0.2) is 5.78 Å². The first-order chi connectivity index (χ1) is 11.3. The van der Waals surface area contributed by atoms with Crippen molar-refractivity contribution in [3.63, 3.8) is 0 Å². The van der Waals surface area contributed by atoms with Crippen LogP contribution in [0.3, 0.4) is 0 Å². The first-order valence-corrected chi connectivity index (χ1v) is 8.58. The molecule has 0 amide bonds. The molecule has 128 valence electrons. The third-order valence-corrected chi connectivity index (χ3v) is 5.84. The standard InChI is InChI=1S/C21H26O3/c1-12(2)15-6-7-16-19(20(15)24-5)18(23)10-17-13(3)14(11-22)8-9-21(16,17)4/h6-8,12,17,22H,3,9-11H2,1-2,4-5H3/t17-,21+/m0/s1. The number of aliphatic hydroxyl groups is 1. The predicted molar refractivity (Wildman–Crippen MR) is 95.8 cm³/mol. The van der Waals surface area contributed by atoms with Crippen molar-refractivity contribution in [2.24, 2.45) is 5.92 Å². The number of fused-ring (bicyclic) bond motifs is 3. The van der Waals surface area contributed by atoms with Gasteiger partial charge in [-0.05, 0) is 34.6 Å². The molecule has 2 atom stereocenters. The van der Waals surface area contributed by atoms with Crippen molar-refractivity contribution in [3.8, 4) is 5.75 Å². The highest BCUT2D eigenvalue weighted by Gasteiger charge is 2.47. The van der Waals surface area contributed by atoms with Crippen LogP contribution in [-0.2, 0) is 5.41 Å². The molecule has 2 aliphatic carbocycles. The van der Waals surface area contributed by atoms with Gasteiger partial charge in [0.05, 0.1) is 19.3 Å². The number of aliphatic hydroxyl groups excluding tert-OH is 1. The molecule has 0 aromatic heterocycles. The number of methoxy groups -OCH3 is 1. The second-order valence-corrected chi connectivity index (χ2v) is 7.48. The molecule has 0 radical (unpaired) electrons. The number of ketones is 1. The molecule has 3 rings (SSSR count). The summed E-state index contributed by atoms with van der Waals surface area (Å²) in [5, 5.41) is 9.54. The second-order valence-electron chi connectivity index (χ2n) is 7.48. The van der Waals surface area contributed by atoms with E-state index in [4.69, 9.17) is 4.74 Å². The van der Waals surface area contributed by atoms with Crippen molar-refractivity contribution in [1.29, 1.82) is 0 Å². The molecular formula is C21H26O3. The molecule has 0 aliphatic heterocycles. The van der Waals surface area contributed by atoms with Crippen molar-refractivity contribution in [2.75, 3.05) is 13.7 Å². The maximum Gasteiger partial charge on any atom is 0.167 e. The second kappa shape index (κ2) is 5.89. The Bertz CT molecular complexity index is 742. The van der Waals surface area contributed by atoms with E-state index in [1.54, 1.807) is 7.11 Å². The van der Waals surface area contributed by atoms with E-state index in [2.05, 4.69) is 45.6 Å². The zero-order valence-corrected chi connectivity index (χ0v) is 15.0. The Kier molecular flexibility index (Phi) is 4.16. The molecule has 24 heavy (non-hydrogen) atoms. The van der Waals surface area contributed by atoms with Crippen LogP contribution >= 0.6 is 0 Å². The van der Waals surface area contributed by atoms with Gasteiger partial charge in [-0.15, -0.1) is 0 Å². The van der Waals surface area contributed by atoms with E-state index in [9.17, 15) is 9.90 Å². The highest BCUT2D eigenvalue weighted by molar-refractivity contribution is 6.03. The lowest BCUT2D eigenvalue weighted by Gasteiger charge is -2.46. The van der Waals surface area contributed by atoms with Crippen LogP contribution in [0, 0.1) is 5.92 Å². The molecule has 0 heterocycles. The summed E-state index contributed by atoms with van der Waals surface area (Å²) in [4.78, 5) is 13.0. The fourth-order valence-electron chi connectivity index (χ4n) is 4.34. The maximum absolute atomic E-state index is 13.0. The Labute approximate surface area is 144 Å². The van der Waals surface area contributed by atoms with Crippen molar-refractivity contribution < 1.29 is 14.6 Å². The molecule has 1 aromatic carbocycles. The van der Waals surface area contributed by atoms with Crippen molar-refractivity contribution in [3.05, 3.63) is 52.6 Å². The summed E-state index contributed by atoms with van der Waals surface area (Å²) in [6.45, 7) is 10.6. The molecular weight excluding hydrogens is 300 g/mol. The summed E-state index contributed by atoms with van der Waals surface area (Å²) in [7, 11) is 1.65. The summed E-state index contributed by atoms with van der Waals surface area (Å²) in [5.41, 5.74) is 4.47. The predicted octanol–water partition coefficient (Wildman–Crippen LogP) is 4.16. The molecule has 0 spiro atoms. The quantitative estimate of drug-likeness (QED) is 0.907. The van der Waals surface area contributed by atoms with Gasteiger partial charge < -0.3 is 9.84 Å². The minimum atomic E-state index is -0.179. The van der Waals surface area contributed by atoms with Crippen LogP contribution in [0.15, 0.2) is 35.9 Å². The number of allylic oxidation sites excluding steroid dienone is 1. The van der Waals surface area contributed by atoms with Crippen LogP contribution in [0.4, 0.5) is 0 Å². The lowest BCUT2D eigenvalue weighted by Crippen LogP contribution is -2.42. The van der Waals surface area contributed by atoms with Gasteiger partial charge in [-0.3, -0.25) is 4.79 Å². The number of rotatable bonds is 3. The largest absolute Gasteiger partial charge is 0.496 e. The Balaban J connectivity index is 2.23. The maximum atomic E-state index is 13.0. The molecule has 1 aromatic rings. The molecule has 0 saturated heterocycles. The van der Waals surface area contributed by atoms with E-state index < -0.39 is 0 Å². The highest BCUT2D eigenvalue weighted by atomic mass is 16.5. The summed E-state index contributed by atoms with van der Waals surface area (Å²) >= 11 is 0. The Morgan fingerprint density at radius 2 is 2.12 bits per heavy atom. The average Bonchev–Trinajstić information content (AvgIpc) is 2.56. The lowest BCUT2D eigenvalue weighted by molar-refractivity contribution is 0.0915. The van der Waals surface area contributed by atoms with E-state index >= 15 is 0 Å². The molecule has 2 aliphatic rings. The Hall–Kier alpha value is -1.87. The number of hydrogen-bond acceptors (Lipinski definition) is 3. The molecule has 0 unspecified atom stereocenters. The third-order valence-electron chi connectivity index (χ3n) is 5.84. The fraction of sp³-hybridized carbons (Fsp3) is 0.476. The smallest absolute Gasteiger partial charge is 0.167 e. The van der Waals surface area contributed by atoms with Crippen LogP contribution in [0.2, 0.25) is 0 Å². The van der Waals surface area contributed by atoms with E-state index in [0.29, 0.717) is 12.3 Å². The molecule has 0 bridgehead atoms. The Morgan fingerprint density at radius 3 is 2.71 bits per heavy atom. The lowest BCUT2D eigenvalue weighted by atomic mass is 9.57. The average molecular weight is 326 g/mol. The first kappa shape index (κ1) is 17.0. The van der Waals surface area contributed by atoms with Gasteiger partial charge in [0.1, 0.15) is 5.75 Å². The SMILES string of the molecule is C=C1C(CO)=CC[C@]2(C)c3ccc(C(C)C)c(OC)c3C(=O)C[C@@H]12. The molecule has 0 fully saturated rings. The van der Waals surface area contributed by atoms with Gasteiger partial charge in [0.25, 0.3) is 0 Å². The summed E-state index contributed by atoms with van der Waals surface area (Å²) in [6, 6.07) is 4.19. The minimum Gasteiger partial charge on any atom is -0.496 e. The van der Waals surface area contributed by atoms with Crippen molar-refractivity contribution >= 4 is 5.78 Å². The normalized spacial score (nSPS) is 26.1. The van der Waals surface area contributed by atoms with E-state index in [1.807, 2.05) is 0 Å². The topological polar surface area (TPSA) is 46.5 Å². The van der Waals surface area contributed by atoms with Crippen LogP contribution in [0.25, 0.3) is 0 Å². The molecule has 0 saturated carbocycles. The van der Waals surface area contributed by atoms with E-state index in [0.717, 1.165) is 40.0 Å². The monoisotopic (exact) mass is 326 g/mol. The number of Topliss-reactive ketones (excluding diaryl/α,β-unsaturated/α-hetero) is 1. The number of carbonyl (C=O) groups excluding carboxylic acids is 1. The van der Waals surface area contributed by atoms with Crippen LogP contribution in [0.5, 0.6) is 5.75 Å². The van der Waals surface area contributed by atoms with Gasteiger partial charge >= 0.3 is 0 Å². The number of hydrogen-bond donors (Lipinski definition) is 1. The van der Waals surface area contributed by atoms with Gasteiger partial charge in [-0.1, -0.05) is 45.6 Å². The Morgan fingerprint density at radius 1 is 1.42 bits per heavy atom. The van der Waals surface area contributed by atoms with Gasteiger partial charge in [-0.25, -0.2) is 0 Å². The van der Waals surface area contributed by atoms with Gasteiger partial charge in [0.2, 0.25) is 0 Å². The van der Waals surface area contributed by atoms with Gasteiger partial charge in [-0.2, -0.15) is 0 Å². The zero-order valence-electron chi connectivity index (χ0n) is 15.0. The summed E-state index contributed by atoms with van der Waals surface area (Å²) < 4.78 is 5.67. The van der Waals surface area contributed by atoms with E-state index in [-0.39, 0.29) is 23.7 Å². The number of carbonyl (C=O) groups is 1. The molecule has 1 N–H and O–H groups in total. The van der Waals surface area contributed by atoms with Crippen LogP contribution < -0.4 is 4.74 Å². The zero-order chi connectivity index (χ0) is 17.6. The first-order valence-electron chi connectivity index (χ1n) is 8.58. The minimum absolute atomic E-state index is 0.0118. The third kappa shape index (κ3) is 2.26. The fourth-order valence-corrected chi connectivity index (χ4v) is 4.34. The van der Waals surface area contributed by atoms with Crippen LogP contribution in [-0.4, -0.2) is 24.6 Å². The number of ether oxygens (including phenoxy) is 1. The highest BCUT2D eigenvalue weighted by Crippen LogP contribution is 2.53. The van der Waals surface area contributed by atoms with Crippen molar-refractivity contribution in [1.82, 2.24) is 0 Å². The molecule has 3 nitrogen and oxygen atoms in total. The summed E-state index contributed by atoms with van der Waals surface area (Å²) in [6.07, 6.45) is 3.30. The molecule has 3 heteroatoms. The van der Waals surface area contributed by atoms with Crippen molar-refractivity contribution in [2.45, 2.75) is 44.9 Å². The number of benzene rings is 1. The van der Waals surface area contributed by atoms with Crippen LogP contribution in [0.1, 0.15) is 61.0 Å².